The number of aromatic nitrogens is 4. The number of alkyl halides is 3. The van der Waals surface area contributed by atoms with Crippen LogP contribution in [0.2, 0.25) is 0 Å². The van der Waals surface area contributed by atoms with Gasteiger partial charge in [0.05, 0.1) is 23.6 Å². The van der Waals surface area contributed by atoms with E-state index in [0.717, 1.165) is 12.1 Å². The highest BCUT2D eigenvalue weighted by molar-refractivity contribution is 5.97. The molecule has 3 aromatic rings. The third kappa shape index (κ3) is 3.67. The fraction of sp³-hybridized carbons (Fsp3) is 0.222. The summed E-state index contributed by atoms with van der Waals surface area (Å²) in [6.45, 7) is 3.40. The third-order valence-electron chi connectivity index (χ3n) is 3.85. The van der Waals surface area contributed by atoms with E-state index in [1.54, 1.807) is 13.8 Å². The molecule has 0 saturated carbocycles. The number of benzene rings is 1. The minimum absolute atomic E-state index is 0.151. The molecule has 2 heterocycles. The number of esters is 1. The van der Waals surface area contributed by atoms with Crippen LogP contribution in [-0.2, 0) is 10.9 Å². The largest absolute Gasteiger partial charge is 0.462 e. The van der Waals surface area contributed by atoms with Gasteiger partial charge in [-0.2, -0.15) is 18.3 Å². The average Bonchev–Trinajstić information content (AvgIpc) is 2.99. The topological polar surface area (TPSA) is 69.9 Å². The summed E-state index contributed by atoms with van der Waals surface area (Å²) in [6.07, 6.45) is -0.233. The number of nitrogens with zero attached hydrogens (tertiary/aromatic N) is 4. The number of carbonyl (C=O) groups is 1. The number of carbonyl (C=O) groups excluding carboxylic acids is 1. The normalized spacial score (nSPS) is 11.4. The molecule has 140 valence electrons. The second-order valence-electron chi connectivity index (χ2n) is 5.62. The predicted octanol–water partition coefficient (Wildman–Crippen LogP) is 3.83. The molecule has 0 aliphatic rings. The van der Waals surface area contributed by atoms with E-state index in [-0.39, 0.29) is 23.6 Å². The van der Waals surface area contributed by atoms with Crippen LogP contribution < -0.4 is 0 Å². The molecule has 2 aromatic heterocycles. The van der Waals surface area contributed by atoms with Crippen LogP contribution in [-0.4, -0.2) is 32.3 Å². The second-order valence-corrected chi connectivity index (χ2v) is 5.62. The number of hydrogen-bond donors (Lipinski definition) is 0. The quantitative estimate of drug-likeness (QED) is 0.647. The highest BCUT2D eigenvalue weighted by atomic mass is 19.4. The summed E-state index contributed by atoms with van der Waals surface area (Å²) in [5.74, 6) is -0.618. The lowest BCUT2D eigenvalue weighted by Gasteiger charge is -2.10. The van der Waals surface area contributed by atoms with Gasteiger partial charge in [0.2, 0.25) is 0 Å². The number of hydrogen-bond acceptors (Lipinski definition) is 5. The second kappa shape index (κ2) is 7.18. The van der Waals surface area contributed by atoms with Crippen LogP contribution in [0.5, 0.6) is 0 Å². The minimum Gasteiger partial charge on any atom is -0.462 e. The average molecular weight is 376 g/mol. The number of ether oxygens (including phenoxy) is 1. The monoisotopic (exact) mass is 376 g/mol. The molecule has 0 radical (unpaired) electrons. The molecular formula is C18H15F3N4O2. The van der Waals surface area contributed by atoms with Crippen LogP contribution in [0.3, 0.4) is 0 Å². The van der Waals surface area contributed by atoms with Crippen molar-refractivity contribution in [1.82, 2.24) is 19.7 Å². The third-order valence-corrected chi connectivity index (χ3v) is 3.85. The van der Waals surface area contributed by atoms with E-state index < -0.39 is 17.7 Å². The Morgan fingerprint density at radius 1 is 1.22 bits per heavy atom. The molecule has 9 heteroatoms. The summed E-state index contributed by atoms with van der Waals surface area (Å²) >= 11 is 0. The van der Waals surface area contributed by atoms with E-state index in [1.165, 1.54) is 35.5 Å². The fourth-order valence-electron chi connectivity index (χ4n) is 2.64. The first-order valence-electron chi connectivity index (χ1n) is 8.02. The van der Waals surface area contributed by atoms with Gasteiger partial charge in [-0.3, -0.25) is 0 Å². The van der Waals surface area contributed by atoms with E-state index >= 15 is 0 Å². The number of rotatable bonds is 4. The van der Waals surface area contributed by atoms with Crippen LogP contribution in [0.25, 0.3) is 16.9 Å². The van der Waals surface area contributed by atoms with Gasteiger partial charge in [-0.15, -0.1) is 0 Å². The van der Waals surface area contributed by atoms with E-state index in [0.29, 0.717) is 11.3 Å². The molecule has 0 bridgehead atoms. The van der Waals surface area contributed by atoms with Crippen molar-refractivity contribution >= 4 is 5.97 Å². The summed E-state index contributed by atoms with van der Waals surface area (Å²) in [6, 6.07) is 4.71. The fourth-order valence-corrected chi connectivity index (χ4v) is 2.64. The Balaban J connectivity index is 2.20. The maximum Gasteiger partial charge on any atom is 0.416 e. The number of halogens is 3. The van der Waals surface area contributed by atoms with Crippen molar-refractivity contribution in [3.8, 4) is 16.9 Å². The molecule has 0 atom stereocenters. The zero-order valence-electron chi connectivity index (χ0n) is 14.5. The Hall–Kier alpha value is -3.23. The highest BCUT2D eigenvalue weighted by Crippen LogP contribution is 2.32. The molecule has 0 saturated heterocycles. The van der Waals surface area contributed by atoms with Crippen molar-refractivity contribution in [2.45, 2.75) is 20.0 Å². The van der Waals surface area contributed by atoms with E-state index in [4.69, 9.17) is 4.74 Å². The predicted molar refractivity (Wildman–Crippen MR) is 90.3 cm³/mol. The lowest BCUT2D eigenvalue weighted by Crippen LogP contribution is -2.09. The molecule has 0 fully saturated rings. The Morgan fingerprint density at radius 2 is 1.93 bits per heavy atom. The summed E-state index contributed by atoms with van der Waals surface area (Å²) < 4.78 is 45.5. The molecule has 0 amide bonds. The van der Waals surface area contributed by atoms with Crippen molar-refractivity contribution in [3.63, 3.8) is 0 Å². The van der Waals surface area contributed by atoms with Crippen LogP contribution in [0.4, 0.5) is 13.2 Å². The molecule has 0 aliphatic carbocycles. The van der Waals surface area contributed by atoms with Gasteiger partial charge in [-0.05, 0) is 32.0 Å². The maximum absolute atomic E-state index is 13.0. The highest BCUT2D eigenvalue weighted by Gasteiger charge is 2.31. The standard InChI is InChI=1S/C18H15F3N4O2/c1-3-27-17(26)15-11(2)25(24-16(15)12-8-22-10-23-9-12)14-6-4-5-13(7-14)18(19,20)21/h4-10H,3H2,1-2H3. The van der Waals surface area contributed by atoms with Crippen LogP contribution in [0.1, 0.15) is 28.5 Å². The smallest absolute Gasteiger partial charge is 0.416 e. The molecule has 0 unspecified atom stereocenters. The molecule has 1 aromatic carbocycles. The molecule has 0 aliphatic heterocycles. The van der Waals surface area contributed by atoms with Gasteiger partial charge in [0, 0.05) is 18.0 Å². The van der Waals surface area contributed by atoms with Crippen molar-refractivity contribution in [2.75, 3.05) is 6.61 Å². The van der Waals surface area contributed by atoms with E-state index in [9.17, 15) is 18.0 Å². The Morgan fingerprint density at radius 3 is 2.56 bits per heavy atom. The molecule has 0 spiro atoms. The first-order valence-corrected chi connectivity index (χ1v) is 8.02. The maximum atomic E-state index is 13.0. The minimum atomic E-state index is -4.49. The van der Waals surface area contributed by atoms with Crippen molar-refractivity contribution < 1.29 is 22.7 Å². The van der Waals surface area contributed by atoms with E-state index in [1.807, 2.05) is 0 Å². The van der Waals surface area contributed by atoms with Gasteiger partial charge in [0.25, 0.3) is 0 Å². The molecular weight excluding hydrogens is 361 g/mol. The molecule has 3 rings (SSSR count). The van der Waals surface area contributed by atoms with Gasteiger partial charge in [-0.25, -0.2) is 19.4 Å². The zero-order chi connectivity index (χ0) is 19.6. The summed E-state index contributed by atoms with van der Waals surface area (Å²) in [5.41, 5.74) is 0.571. The van der Waals surface area contributed by atoms with Gasteiger partial charge in [0.1, 0.15) is 17.6 Å². The van der Waals surface area contributed by atoms with Gasteiger partial charge in [0.15, 0.2) is 0 Å². The molecule has 27 heavy (non-hydrogen) atoms. The Kier molecular flexibility index (Phi) is 4.93. The van der Waals surface area contributed by atoms with Crippen molar-refractivity contribution in [3.05, 3.63) is 59.8 Å². The zero-order valence-corrected chi connectivity index (χ0v) is 14.5. The van der Waals surface area contributed by atoms with E-state index in [2.05, 4.69) is 15.1 Å². The van der Waals surface area contributed by atoms with Gasteiger partial charge in [-0.1, -0.05) is 6.07 Å². The lowest BCUT2D eigenvalue weighted by atomic mass is 10.1. The van der Waals surface area contributed by atoms with Gasteiger partial charge >= 0.3 is 12.1 Å². The lowest BCUT2D eigenvalue weighted by molar-refractivity contribution is -0.137. The first kappa shape index (κ1) is 18.6. The summed E-state index contributed by atoms with van der Waals surface area (Å²) in [5, 5.41) is 4.35. The van der Waals surface area contributed by atoms with Gasteiger partial charge < -0.3 is 4.74 Å². The summed E-state index contributed by atoms with van der Waals surface area (Å²) in [4.78, 5) is 20.2. The van der Waals surface area contributed by atoms with Crippen LogP contribution in [0, 0.1) is 6.92 Å². The molecule has 6 nitrogen and oxygen atoms in total. The SMILES string of the molecule is CCOC(=O)c1c(-c2cncnc2)nn(-c2cccc(C(F)(F)F)c2)c1C. The van der Waals surface area contributed by atoms with Crippen molar-refractivity contribution in [2.24, 2.45) is 0 Å². The molecule has 0 N–H and O–H groups in total. The Labute approximate surface area is 152 Å². The van der Waals surface area contributed by atoms with Crippen molar-refractivity contribution in [1.29, 1.82) is 0 Å². The van der Waals surface area contributed by atoms with Crippen LogP contribution >= 0.6 is 0 Å². The first-order chi connectivity index (χ1) is 12.8. The van der Waals surface area contributed by atoms with Crippen LogP contribution in [0.15, 0.2) is 43.0 Å². The Bertz CT molecular complexity index is 968. The summed E-state index contributed by atoms with van der Waals surface area (Å²) in [7, 11) is 0.